The van der Waals surface area contributed by atoms with Crippen molar-refractivity contribution in [2.24, 2.45) is 7.05 Å². The van der Waals surface area contributed by atoms with E-state index in [-0.39, 0.29) is 16.3 Å². The molecule has 0 bridgehead atoms. The van der Waals surface area contributed by atoms with E-state index in [9.17, 15) is 9.00 Å². The average molecular weight is 392 g/mol. The smallest absolute Gasteiger partial charge is 0.337 e. The van der Waals surface area contributed by atoms with Gasteiger partial charge in [-0.2, -0.15) is 5.10 Å². The van der Waals surface area contributed by atoms with Crippen molar-refractivity contribution in [1.29, 1.82) is 0 Å². The molecule has 21 heavy (non-hydrogen) atoms. The van der Waals surface area contributed by atoms with Gasteiger partial charge in [-0.3, -0.25) is 8.89 Å². The van der Waals surface area contributed by atoms with Crippen molar-refractivity contribution in [1.82, 2.24) is 9.78 Å². The van der Waals surface area contributed by atoms with E-state index in [2.05, 4.69) is 21.0 Å². The molecule has 2 rings (SSSR count). The highest BCUT2D eigenvalue weighted by Gasteiger charge is 2.17. The molecule has 5 nitrogen and oxygen atoms in total. The summed E-state index contributed by atoms with van der Waals surface area (Å²) in [6, 6.07) is 4.36. The van der Waals surface area contributed by atoms with E-state index in [0.29, 0.717) is 4.90 Å². The maximum Gasteiger partial charge on any atom is 0.337 e. The highest BCUT2D eigenvalue weighted by atomic mass is 79.9. The number of carbonyl (C=O) groups is 1. The molecule has 1 aromatic carbocycles. The first-order valence-corrected chi connectivity index (χ1v) is 8.39. The predicted molar refractivity (Wildman–Crippen MR) is 84.2 cm³/mol. The Labute approximate surface area is 137 Å². The molecule has 1 aromatic heterocycles. The zero-order valence-corrected chi connectivity index (χ0v) is 14.4. The van der Waals surface area contributed by atoms with Gasteiger partial charge in [0.1, 0.15) is 0 Å². The highest BCUT2D eigenvalue weighted by Crippen LogP contribution is 2.25. The number of aromatic carboxylic acids is 1. The van der Waals surface area contributed by atoms with Gasteiger partial charge in [0.15, 0.2) is 0 Å². The third kappa shape index (κ3) is 3.36. The Bertz CT molecular complexity index is 745. The molecule has 0 aliphatic carbocycles. The van der Waals surface area contributed by atoms with Crippen molar-refractivity contribution in [2.75, 3.05) is 0 Å². The monoisotopic (exact) mass is 390 g/mol. The number of aromatic nitrogens is 2. The van der Waals surface area contributed by atoms with Crippen LogP contribution in [0.25, 0.3) is 0 Å². The van der Waals surface area contributed by atoms with Crippen molar-refractivity contribution < 1.29 is 14.1 Å². The molecular formula is C13H12BrClN2O3S. The lowest BCUT2D eigenvalue weighted by Crippen LogP contribution is -2.05. The fraction of sp³-hybridized carbons (Fsp3) is 0.231. The molecule has 0 spiro atoms. The first-order chi connectivity index (χ1) is 9.81. The number of carboxylic acid groups (broad SMARTS) is 1. The summed E-state index contributed by atoms with van der Waals surface area (Å²) in [6.45, 7) is 1.85. The van der Waals surface area contributed by atoms with Crippen LogP contribution in [0.1, 0.15) is 21.7 Å². The first-order valence-electron chi connectivity index (χ1n) is 5.90. The molecule has 8 heteroatoms. The van der Waals surface area contributed by atoms with Gasteiger partial charge in [0, 0.05) is 11.9 Å². The summed E-state index contributed by atoms with van der Waals surface area (Å²) in [7, 11) is 0.383. The number of hydrogen-bond acceptors (Lipinski definition) is 3. The Kier molecular flexibility index (Phi) is 4.85. The summed E-state index contributed by atoms with van der Waals surface area (Å²) in [5.74, 6) is -0.907. The van der Waals surface area contributed by atoms with Gasteiger partial charge in [-0.05, 0) is 41.1 Å². The lowest BCUT2D eigenvalue weighted by atomic mass is 10.2. The van der Waals surface area contributed by atoms with E-state index in [4.69, 9.17) is 16.7 Å². The number of aryl methyl sites for hydroxylation is 2. The number of rotatable bonds is 4. The van der Waals surface area contributed by atoms with Gasteiger partial charge in [-0.15, -0.1) is 0 Å². The number of halogens is 2. The zero-order chi connectivity index (χ0) is 15.7. The Morgan fingerprint density at radius 3 is 2.71 bits per heavy atom. The Hall–Kier alpha value is -1.18. The van der Waals surface area contributed by atoms with Crippen LogP contribution in [0.2, 0.25) is 5.02 Å². The first kappa shape index (κ1) is 16.2. The molecule has 2 aromatic rings. The minimum atomic E-state index is -1.39. The van der Waals surface area contributed by atoms with Gasteiger partial charge < -0.3 is 5.11 Å². The molecule has 0 amide bonds. The van der Waals surface area contributed by atoms with Crippen molar-refractivity contribution >= 4 is 44.3 Å². The minimum absolute atomic E-state index is 0.0530. The molecule has 112 valence electrons. The Balaban J connectivity index is 2.33. The SMILES string of the molecule is Cc1nn(C)c(CS(=O)c2ccc(Cl)c(C(=O)O)c2)c1Br. The van der Waals surface area contributed by atoms with Crippen LogP contribution in [-0.4, -0.2) is 25.1 Å². The second-order valence-electron chi connectivity index (χ2n) is 4.41. The average Bonchev–Trinajstić information content (AvgIpc) is 2.65. The van der Waals surface area contributed by atoms with E-state index < -0.39 is 16.8 Å². The number of hydrogen-bond donors (Lipinski definition) is 1. The summed E-state index contributed by atoms with van der Waals surface area (Å²) in [5.41, 5.74) is 1.55. The fourth-order valence-corrected chi connectivity index (χ4v) is 3.93. The van der Waals surface area contributed by atoms with Gasteiger partial charge in [0.2, 0.25) is 0 Å². The van der Waals surface area contributed by atoms with Crippen molar-refractivity contribution in [3.8, 4) is 0 Å². The molecule has 0 aliphatic rings. The van der Waals surface area contributed by atoms with Crippen LogP contribution >= 0.6 is 27.5 Å². The predicted octanol–water partition coefficient (Wildman–Crippen LogP) is 3.15. The molecular weight excluding hydrogens is 380 g/mol. The second-order valence-corrected chi connectivity index (χ2v) is 7.06. The zero-order valence-electron chi connectivity index (χ0n) is 11.3. The molecule has 0 saturated heterocycles. The molecule has 0 saturated carbocycles. The maximum absolute atomic E-state index is 12.4. The maximum atomic E-state index is 12.4. The van der Waals surface area contributed by atoms with E-state index in [1.54, 1.807) is 17.8 Å². The van der Waals surface area contributed by atoms with Gasteiger partial charge in [-0.25, -0.2) is 4.79 Å². The summed E-state index contributed by atoms with van der Waals surface area (Å²) in [4.78, 5) is 11.5. The quantitative estimate of drug-likeness (QED) is 0.869. The summed E-state index contributed by atoms with van der Waals surface area (Å²) in [6.07, 6.45) is 0. The normalized spacial score (nSPS) is 12.4. The third-order valence-corrected chi connectivity index (χ3v) is 5.64. The van der Waals surface area contributed by atoms with Crippen molar-refractivity contribution in [3.63, 3.8) is 0 Å². The third-order valence-electron chi connectivity index (χ3n) is 2.96. The lowest BCUT2D eigenvalue weighted by Gasteiger charge is -2.06. The number of carboxylic acids is 1. The topological polar surface area (TPSA) is 72.2 Å². The molecule has 1 heterocycles. The standard InChI is InChI=1S/C13H12BrClN2O3S/c1-7-12(14)11(17(2)16-7)6-21(20)8-3-4-10(15)9(5-8)13(18)19/h3-5H,6H2,1-2H3,(H,18,19). The molecule has 1 atom stereocenters. The van der Waals surface area contributed by atoms with E-state index >= 15 is 0 Å². The van der Waals surface area contributed by atoms with Crippen LogP contribution in [0.5, 0.6) is 0 Å². The molecule has 1 N–H and O–H groups in total. The Morgan fingerprint density at radius 2 is 2.19 bits per heavy atom. The van der Waals surface area contributed by atoms with Gasteiger partial charge in [0.05, 0.1) is 43.0 Å². The van der Waals surface area contributed by atoms with E-state index in [1.807, 2.05) is 6.92 Å². The summed E-state index contributed by atoms with van der Waals surface area (Å²) < 4.78 is 14.9. The summed E-state index contributed by atoms with van der Waals surface area (Å²) in [5, 5.41) is 13.4. The second kappa shape index (κ2) is 6.29. The van der Waals surface area contributed by atoms with Gasteiger partial charge in [-0.1, -0.05) is 11.6 Å². The fourth-order valence-electron chi connectivity index (χ4n) is 1.85. The van der Waals surface area contributed by atoms with Crippen LogP contribution in [0.3, 0.4) is 0 Å². The molecule has 0 aliphatic heterocycles. The Morgan fingerprint density at radius 1 is 1.52 bits per heavy atom. The van der Waals surface area contributed by atoms with Crippen LogP contribution in [0, 0.1) is 6.92 Å². The van der Waals surface area contributed by atoms with Crippen LogP contribution < -0.4 is 0 Å². The molecule has 0 fully saturated rings. The van der Waals surface area contributed by atoms with Gasteiger partial charge >= 0.3 is 5.97 Å². The van der Waals surface area contributed by atoms with E-state index in [0.717, 1.165) is 15.9 Å². The number of nitrogens with zero attached hydrogens (tertiary/aromatic N) is 2. The van der Waals surface area contributed by atoms with Gasteiger partial charge in [0.25, 0.3) is 0 Å². The molecule has 1 unspecified atom stereocenters. The van der Waals surface area contributed by atoms with E-state index in [1.165, 1.54) is 12.1 Å². The number of benzene rings is 1. The van der Waals surface area contributed by atoms with Crippen LogP contribution in [0.15, 0.2) is 27.6 Å². The van der Waals surface area contributed by atoms with Crippen molar-refractivity contribution in [3.05, 3.63) is 44.6 Å². The minimum Gasteiger partial charge on any atom is -0.478 e. The van der Waals surface area contributed by atoms with Crippen molar-refractivity contribution in [2.45, 2.75) is 17.6 Å². The van der Waals surface area contributed by atoms with Crippen LogP contribution in [0.4, 0.5) is 0 Å². The van der Waals surface area contributed by atoms with Crippen LogP contribution in [-0.2, 0) is 23.6 Å². The molecule has 0 radical (unpaired) electrons. The lowest BCUT2D eigenvalue weighted by molar-refractivity contribution is 0.0697. The summed E-state index contributed by atoms with van der Waals surface area (Å²) >= 11 is 9.23. The largest absolute Gasteiger partial charge is 0.478 e. The highest BCUT2D eigenvalue weighted by molar-refractivity contribution is 9.10.